The first-order valence-corrected chi connectivity index (χ1v) is 15.8. The molecule has 0 bridgehead atoms. The molecule has 194 valence electrons. The van der Waals surface area contributed by atoms with Crippen LogP contribution in [-0.2, 0) is 21.7 Å². The lowest BCUT2D eigenvalue weighted by Gasteiger charge is -2.32. The van der Waals surface area contributed by atoms with Gasteiger partial charge in [-0.3, -0.25) is 9.48 Å². The number of para-hydroxylation sites is 1. The summed E-state index contributed by atoms with van der Waals surface area (Å²) in [6.07, 6.45) is 2.81. The molecule has 5 rings (SSSR count). The fourth-order valence-corrected chi connectivity index (χ4v) is 8.83. The van der Waals surface area contributed by atoms with Crippen LogP contribution in [0.15, 0.2) is 73.4 Å². The van der Waals surface area contributed by atoms with Crippen LogP contribution in [0, 0.1) is 5.92 Å². The number of benzene rings is 2. The zero-order chi connectivity index (χ0) is 26.4. The summed E-state index contributed by atoms with van der Waals surface area (Å²) in [5.41, 5.74) is 1.61. The number of ether oxygens (including phenoxy) is 1. The highest BCUT2D eigenvalue weighted by atomic mass is 28.4. The summed E-state index contributed by atoms with van der Waals surface area (Å²) in [5.74, 6) is -0.306. The minimum absolute atomic E-state index is 0.0964. The molecule has 1 fully saturated rings. The van der Waals surface area contributed by atoms with Crippen molar-refractivity contribution in [2.75, 3.05) is 11.4 Å². The number of aryl methyl sites for hydroxylation is 1. The summed E-state index contributed by atoms with van der Waals surface area (Å²) in [5, 5.41) is 19.1. The SMILES string of the molecule is C=CCN1C(=O)[C@@]2(O[C@@H](CCn3cc([C@H](O)c4ccccc4)nn3)[C@H]([Si](C)(C)O)[C@H]2C)c2ccccc21. The minimum atomic E-state index is -2.73. The Morgan fingerprint density at radius 2 is 1.89 bits per heavy atom. The molecule has 3 heterocycles. The van der Waals surface area contributed by atoms with Gasteiger partial charge in [-0.15, -0.1) is 11.7 Å². The molecule has 1 aromatic heterocycles. The summed E-state index contributed by atoms with van der Waals surface area (Å²) in [6.45, 7) is 10.6. The van der Waals surface area contributed by atoms with E-state index in [0.29, 0.717) is 25.2 Å². The van der Waals surface area contributed by atoms with E-state index < -0.39 is 20.0 Å². The van der Waals surface area contributed by atoms with Gasteiger partial charge < -0.3 is 19.5 Å². The van der Waals surface area contributed by atoms with Crippen molar-refractivity contribution >= 4 is 19.9 Å². The standard InChI is InChI=1S/C28H34N4O4Si/c1-5-16-32-23-14-10-9-13-21(23)28(27(32)34)19(2)26(37(3,4)35)24(36-28)15-17-31-18-22(29-30-31)25(33)20-11-7-6-8-12-20/h5-14,18-19,24-26,33,35H,1,15-17H2,2-4H3/t19-,24+,25-,26-,28+/m1/s1. The molecule has 1 saturated heterocycles. The molecule has 0 unspecified atom stereocenters. The van der Waals surface area contributed by atoms with E-state index in [1.807, 2.05) is 74.6 Å². The lowest BCUT2D eigenvalue weighted by molar-refractivity contribution is -0.145. The second-order valence-corrected chi connectivity index (χ2v) is 14.6. The van der Waals surface area contributed by atoms with Crippen LogP contribution >= 0.6 is 0 Å². The number of nitrogens with zero attached hydrogens (tertiary/aromatic N) is 4. The topological polar surface area (TPSA) is 101 Å². The van der Waals surface area contributed by atoms with Crippen LogP contribution in [0.2, 0.25) is 18.6 Å². The molecular formula is C28H34N4O4Si. The molecule has 2 aliphatic heterocycles. The van der Waals surface area contributed by atoms with Gasteiger partial charge in [0.1, 0.15) is 11.8 Å². The van der Waals surface area contributed by atoms with Crippen LogP contribution in [0.1, 0.15) is 36.3 Å². The number of hydrogen-bond donors (Lipinski definition) is 2. The molecule has 37 heavy (non-hydrogen) atoms. The molecule has 0 aliphatic carbocycles. The molecule has 0 radical (unpaired) electrons. The van der Waals surface area contributed by atoms with E-state index in [4.69, 9.17) is 4.74 Å². The quantitative estimate of drug-likeness (QED) is 0.348. The third-order valence-electron chi connectivity index (χ3n) is 7.80. The monoisotopic (exact) mass is 518 g/mol. The Morgan fingerprint density at radius 3 is 2.59 bits per heavy atom. The van der Waals surface area contributed by atoms with Gasteiger partial charge in [-0.25, -0.2) is 0 Å². The van der Waals surface area contributed by atoms with Gasteiger partial charge in [0.25, 0.3) is 5.91 Å². The Labute approximate surface area is 218 Å². The number of anilines is 1. The summed E-state index contributed by atoms with van der Waals surface area (Å²) in [7, 11) is -2.73. The third kappa shape index (κ3) is 4.25. The molecule has 8 nitrogen and oxygen atoms in total. The fourth-order valence-electron chi connectivity index (χ4n) is 6.23. The molecule has 0 saturated carbocycles. The van der Waals surface area contributed by atoms with Gasteiger partial charge in [0.2, 0.25) is 0 Å². The molecule has 1 spiro atoms. The number of amides is 1. The number of carbonyl (C=O) groups is 1. The van der Waals surface area contributed by atoms with Crippen molar-refractivity contribution in [2.24, 2.45) is 5.92 Å². The first-order valence-electron chi connectivity index (χ1n) is 12.7. The Hall–Kier alpha value is -3.11. The fraction of sp³-hybridized carbons (Fsp3) is 0.393. The van der Waals surface area contributed by atoms with Crippen LogP contribution in [0.3, 0.4) is 0 Å². The van der Waals surface area contributed by atoms with Crippen molar-refractivity contribution < 1.29 is 19.4 Å². The number of fused-ring (bicyclic) bond motifs is 2. The number of hydrogen-bond acceptors (Lipinski definition) is 6. The maximum absolute atomic E-state index is 13.9. The zero-order valence-corrected chi connectivity index (χ0v) is 22.5. The van der Waals surface area contributed by atoms with Gasteiger partial charge in [-0.2, -0.15) is 0 Å². The normalized spacial score (nSPS) is 26.0. The maximum Gasteiger partial charge on any atom is 0.264 e. The lowest BCUT2D eigenvalue weighted by Crippen LogP contribution is -2.46. The van der Waals surface area contributed by atoms with Crippen LogP contribution in [0.5, 0.6) is 0 Å². The Morgan fingerprint density at radius 1 is 1.19 bits per heavy atom. The van der Waals surface area contributed by atoms with E-state index >= 15 is 0 Å². The summed E-state index contributed by atoms with van der Waals surface area (Å²) in [6, 6.07) is 17.1. The van der Waals surface area contributed by atoms with Gasteiger partial charge in [0.05, 0.1) is 18.0 Å². The zero-order valence-electron chi connectivity index (χ0n) is 21.5. The summed E-state index contributed by atoms with van der Waals surface area (Å²) < 4.78 is 8.45. The van der Waals surface area contributed by atoms with Crippen molar-refractivity contribution in [3.8, 4) is 0 Å². The average Bonchev–Trinajstić information content (AvgIpc) is 3.54. The van der Waals surface area contributed by atoms with Gasteiger partial charge in [0.15, 0.2) is 13.9 Å². The number of rotatable bonds is 8. The Bertz CT molecular complexity index is 1290. The molecular weight excluding hydrogens is 484 g/mol. The van der Waals surface area contributed by atoms with Crippen LogP contribution < -0.4 is 4.90 Å². The molecule has 2 aromatic carbocycles. The predicted octanol–water partition coefficient (Wildman–Crippen LogP) is 3.78. The molecule has 9 heteroatoms. The van der Waals surface area contributed by atoms with E-state index in [9.17, 15) is 14.7 Å². The van der Waals surface area contributed by atoms with Gasteiger partial charge >= 0.3 is 0 Å². The van der Waals surface area contributed by atoms with Crippen LogP contribution in [0.4, 0.5) is 5.69 Å². The minimum Gasteiger partial charge on any atom is -0.432 e. The van der Waals surface area contributed by atoms with E-state index in [1.54, 1.807) is 21.9 Å². The summed E-state index contributed by atoms with van der Waals surface area (Å²) in [4.78, 5) is 27.0. The van der Waals surface area contributed by atoms with Gasteiger partial charge in [0, 0.05) is 30.1 Å². The van der Waals surface area contributed by atoms with Gasteiger partial charge in [-0.05, 0) is 31.1 Å². The van der Waals surface area contributed by atoms with E-state index in [0.717, 1.165) is 16.8 Å². The van der Waals surface area contributed by atoms with E-state index in [1.165, 1.54) is 0 Å². The highest BCUT2D eigenvalue weighted by Gasteiger charge is 2.65. The average molecular weight is 519 g/mol. The smallest absolute Gasteiger partial charge is 0.264 e. The van der Waals surface area contributed by atoms with Crippen molar-refractivity contribution in [2.45, 2.75) is 56.3 Å². The largest absolute Gasteiger partial charge is 0.432 e. The Kier molecular flexibility index (Phi) is 6.65. The van der Waals surface area contributed by atoms with Crippen molar-refractivity contribution in [1.29, 1.82) is 0 Å². The van der Waals surface area contributed by atoms with Gasteiger partial charge in [-0.1, -0.05) is 66.7 Å². The second-order valence-electron chi connectivity index (χ2n) is 10.6. The van der Waals surface area contributed by atoms with E-state index in [-0.39, 0.29) is 23.5 Å². The number of aromatic nitrogens is 3. The Balaban J connectivity index is 1.41. The highest BCUT2D eigenvalue weighted by Crippen LogP contribution is 2.59. The molecule has 3 aromatic rings. The molecule has 2 aliphatic rings. The van der Waals surface area contributed by atoms with Crippen LogP contribution in [-0.4, -0.2) is 51.8 Å². The summed E-state index contributed by atoms with van der Waals surface area (Å²) >= 11 is 0. The van der Waals surface area contributed by atoms with E-state index in [2.05, 4.69) is 16.9 Å². The number of aliphatic hydroxyl groups is 1. The number of aliphatic hydroxyl groups excluding tert-OH is 1. The first kappa shape index (κ1) is 25.5. The maximum atomic E-state index is 13.9. The second kappa shape index (κ2) is 9.64. The first-order chi connectivity index (χ1) is 17.7. The molecule has 1 amide bonds. The number of carbonyl (C=O) groups excluding carboxylic acids is 1. The third-order valence-corrected chi connectivity index (χ3v) is 10.3. The van der Waals surface area contributed by atoms with Crippen LogP contribution in [0.25, 0.3) is 0 Å². The molecule has 5 atom stereocenters. The van der Waals surface area contributed by atoms with Crippen molar-refractivity contribution in [3.63, 3.8) is 0 Å². The van der Waals surface area contributed by atoms with Crippen molar-refractivity contribution in [3.05, 3.63) is 90.3 Å². The molecule has 2 N–H and O–H groups in total. The predicted molar refractivity (Wildman–Crippen MR) is 143 cm³/mol. The van der Waals surface area contributed by atoms with Crippen molar-refractivity contribution in [1.82, 2.24) is 15.0 Å². The lowest BCUT2D eigenvalue weighted by atomic mass is 9.82. The highest BCUT2D eigenvalue weighted by molar-refractivity contribution is 6.71.